The lowest BCUT2D eigenvalue weighted by molar-refractivity contribution is 0.590. The average Bonchev–Trinajstić information content (AvgIpc) is 2.33. The van der Waals surface area contributed by atoms with Crippen molar-refractivity contribution in [2.75, 3.05) is 5.73 Å². The van der Waals surface area contributed by atoms with Crippen LogP contribution in [0.1, 0.15) is 5.56 Å². The highest BCUT2D eigenvalue weighted by atomic mass is 79.9. The summed E-state index contributed by atoms with van der Waals surface area (Å²) in [5.74, 6) is -0.787. The molecule has 2 N–H and O–H groups in total. The summed E-state index contributed by atoms with van der Waals surface area (Å²) in [5.41, 5.74) is 6.73. The van der Waals surface area contributed by atoms with Crippen molar-refractivity contribution in [1.29, 1.82) is 0 Å². The number of hydrogen-bond acceptors (Lipinski definition) is 3. The van der Waals surface area contributed by atoms with Gasteiger partial charge in [-0.15, -0.1) is 0 Å². The minimum absolute atomic E-state index is 0.0333. The van der Waals surface area contributed by atoms with Crippen LogP contribution < -0.4 is 5.73 Å². The summed E-state index contributed by atoms with van der Waals surface area (Å²) in [6.45, 7) is 0. The van der Waals surface area contributed by atoms with Crippen molar-refractivity contribution in [2.24, 2.45) is 0 Å². The summed E-state index contributed by atoms with van der Waals surface area (Å²) >= 11 is 3.24. The molecule has 0 bridgehead atoms. The number of nitrogens with two attached hydrogens (primary N) is 1. The molecule has 6 heteroatoms. The van der Waals surface area contributed by atoms with Crippen LogP contribution in [0.25, 0.3) is 0 Å². The summed E-state index contributed by atoms with van der Waals surface area (Å²) in [5, 5.41) is 0. The van der Waals surface area contributed by atoms with Gasteiger partial charge >= 0.3 is 0 Å². The van der Waals surface area contributed by atoms with Crippen LogP contribution >= 0.6 is 15.9 Å². The van der Waals surface area contributed by atoms with Crippen molar-refractivity contribution in [3.63, 3.8) is 0 Å². The van der Waals surface area contributed by atoms with Crippen molar-refractivity contribution in [1.82, 2.24) is 0 Å². The van der Waals surface area contributed by atoms with Crippen molar-refractivity contribution >= 4 is 31.5 Å². The summed E-state index contributed by atoms with van der Waals surface area (Å²) < 4.78 is 38.0. The lowest BCUT2D eigenvalue weighted by atomic mass is 10.2. The monoisotopic (exact) mass is 343 g/mol. The zero-order valence-electron chi connectivity index (χ0n) is 9.81. The number of anilines is 1. The number of sulfone groups is 1. The van der Waals surface area contributed by atoms with Gasteiger partial charge in [-0.05, 0) is 51.8 Å². The second-order valence-corrected chi connectivity index (χ2v) is 6.92. The molecular formula is C13H11BrFNO2S. The molecule has 0 aliphatic heterocycles. The molecule has 2 aromatic rings. The first-order valence-electron chi connectivity index (χ1n) is 5.41. The van der Waals surface area contributed by atoms with Crippen LogP contribution in [-0.2, 0) is 15.6 Å². The smallest absolute Gasteiger partial charge is 0.182 e. The SMILES string of the molecule is Nc1cc(CS(=O)(=O)c2cccc(F)c2)ccc1Br. The van der Waals surface area contributed by atoms with Crippen LogP contribution in [0.3, 0.4) is 0 Å². The molecule has 0 heterocycles. The van der Waals surface area contributed by atoms with Crippen molar-refractivity contribution in [3.05, 3.63) is 58.3 Å². The minimum atomic E-state index is -3.58. The van der Waals surface area contributed by atoms with E-state index in [1.54, 1.807) is 18.2 Å². The molecule has 0 aromatic heterocycles. The van der Waals surface area contributed by atoms with E-state index in [-0.39, 0.29) is 10.6 Å². The Morgan fingerprint density at radius 1 is 1.16 bits per heavy atom. The van der Waals surface area contributed by atoms with Crippen LogP contribution in [0.5, 0.6) is 0 Å². The van der Waals surface area contributed by atoms with Gasteiger partial charge in [-0.2, -0.15) is 0 Å². The van der Waals surface area contributed by atoms with Gasteiger partial charge in [0.2, 0.25) is 0 Å². The fourth-order valence-corrected chi connectivity index (χ4v) is 3.26. The maximum absolute atomic E-state index is 13.1. The molecule has 0 amide bonds. The molecular weight excluding hydrogens is 333 g/mol. The van der Waals surface area contributed by atoms with Gasteiger partial charge in [0.05, 0.1) is 10.6 Å². The number of nitrogen functional groups attached to an aromatic ring is 1. The largest absolute Gasteiger partial charge is 0.398 e. The van der Waals surface area contributed by atoms with Crippen LogP contribution in [0, 0.1) is 5.82 Å². The minimum Gasteiger partial charge on any atom is -0.398 e. The Morgan fingerprint density at radius 3 is 2.53 bits per heavy atom. The molecule has 19 heavy (non-hydrogen) atoms. The van der Waals surface area contributed by atoms with Crippen molar-refractivity contribution < 1.29 is 12.8 Å². The molecule has 0 radical (unpaired) electrons. The number of halogens is 2. The Balaban J connectivity index is 2.33. The number of benzene rings is 2. The van der Waals surface area contributed by atoms with Gasteiger partial charge in [-0.25, -0.2) is 12.8 Å². The van der Waals surface area contributed by atoms with Gasteiger partial charge in [0.25, 0.3) is 0 Å². The predicted octanol–water partition coefficient (Wildman–Crippen LogP) is 3.14. The first-order valence-corrected chi connectivity index (χ1v) is 7.85. The molecule has 2 aromatic carbocycles. The number of hydrogen-bond donors (Lipinski definition) is 1. The van der Waals surface area contributed by atoms with Crippen LogP contribution in [0.15, 0.2) is 51.8 Å². The Morgan fingerprint density at radius 2 is 1.89 bits per heavy atom. The molecule has 0 saturated carbocycles. The van der Waals surface area contributed by atoms with E-state index in [0.717, 1.165) is 6.07 Å². The molecule has 2 rings (SSSR count). The molecule has 0 unspecified atom stereocenters. The van der Waals surface area contributed by atoms with Gasteiger partial charge < -0.3 is 5.73 Å². The lowest BCUT2D eigenvalue weighted by Crippen LogP contribution is -2.05. The molecule has 100 valence electrons. The predicted molar refractivity (Wildman–Crippen MR) is 75.8 cm³/mol. The van der Waals surface area contributed by atoms with E-state index in [0.29, 0.717) is 15.7 Å². The molecule has 3 nitrogen and oxygen atoms in total. The van der Waals surface area contributed by atoms with Crippen molar-refractivity contribution in [2.45, 2.75) is 10.6 Å². The molecule has 0 saturated heterocycles. The Kier molecular flexibility index (Phi) is 3.91. The zero-order chi connectivity index (χ0) is 14.0. The van der Waals surface area contributed by atoms with E-state index in [1.165, 1.54) is 18.2 Å². The summed E-state index contributed by atoms with van der Waals surface area (Å²) in [7, 11) is -3.58. The number of rotatable bonds is 3. The second kappa shape index (κ2) is 5.30. The molecule has 0 atom stereocenters. The third-order valence-corrected chi connectivity index (χ3v) is 4.98. The quantitative estimate of drug-likeness (QED) is 0.871. The average molecular weight is 344 g/mol. The second-order valence-electron chi connectivity index (χ2n) is 4.07. The van der Waals surface area contributed by atoms with Crippen LogP contribution in [0.4, 0.5) is 10.1 Å². The fourth-order valence-electron chi connectivity index (χ4n) is 1.65. The normalized spacial score (nSPS) is 11.5. The fraction of sp³-hybridized carbons (Fsp3) is 0.0769. The Labute approximate surface area is 119 Å². The molecule has 0 fully saturated rings. The maximum Gasteiger partial charge on any atom is 0.182 e. The van der Waals surface area contributed by atoms with E-state index in [9.17, 15) is 12.8 Å². The first-order chi connectivity index (χ1) is 8.88. The van der Waals surface area contributed by atoms with Crippen LogP contribution in [-0.4, -0.2) is 8.42 Å². The highest BCUT2D eigenvalue weighted by Crippen LogP contribution is 2.23. The standard InChI is InChI=1S/C13H11BrFNO2S/c14-12-5-4-9(6-13(12)16)8-19(17,18)11-3-1-2-10(15)7-11/h1-7H,8,16H2. The lowest BCUT2D eigenvalue weighted by Gasteiger charge is -2.06. The first kappa shape index (κ1) is 14.0. The van der Waals surface area contributed by atoms with Crippen LogP contribution in [0.2, 0.25) is 0 Å². The van der Waals surface area contributed by atoms with Gasteiger partial charge in [0.1, 0.15) is 5.82 Å². The Bertz CT molecular complexity index is 716. The third kappa shape index (κ3) is 3.33. The topological polar surface area (TPSA) is 60.2 Å². The van der Waals surface area contributed by atoms with E-state index >= 15 is 0 Å². The van der Waals surface area contributed by atoms with Gasteiger partial charge in [0.15, 0.2) is 9.84 Å². The van der Waals surface area contributed by atoms with Gasteiger partial charge in [0, 0.05) is 10.2 Å². The van der Waals surface area contributed by atoms with E-state index in [2.05, 4.69) is 15.9 Å². The Hall–Kier alpha value is -1.40. The van der Waals surface area contributed by atoms with Crippen molar-refractivity contribution in [3.8, 4) is 0 Å². The summed E-state index contributed by atoms with van der Waals surface area (Å²) in [6, 6.07) is 9.90. The van der Waals surface area contributed by atoms with E-state index in [4.69, 9.17) is 5.73 Å². The zero-order valence-corrected chi connectivity index (χ0v) is 12.2. The third-order valence-electron chi connectivity index (χ3n) is 2.57. The van der Waals surface area contributed by atoms with Gasteiger partial charge in [-0.1, -0.05) is 12.1 Å². The summed E-state index contributed by atoms with van der Waals surface area (Å²) in [4.78, 5) is -0.0333. The molecule has 0 aliphatic carbocycles. The van der Waals surface area contributed by atoms with Gasteiger partial charge in [-0.3, -0.25) is 0 Å². The maximum atomic E-state index is 13.1. The van der Waals surface area contributed by atoms with E-state index in [1.807, 2.05) is 0 Å². The highest BCUT2D eigenvalue weighted by Gasteiger charge is 2.16. The molecule has 0 aliphatic rings. The summed E-state index contributed by atoms with van der Waals surface area (Å²) in [6.07, 6.45) is 0. The van der Waals surface area contributed by atoms with E-state index < -0.39 is 15.7 Å². The molecule has 0 spiro atoms. The highest BCUT2D eigenvalue weighted by molar-refractivity contribution is 9.10.